The number of ketones is 1. The van der Waals surface area contributed by atoms with Gasteiger partial charge in [0.25, 0.3) is 0 Å². The van der Waals surface area contributed by atoms with Crippen LogP contribution in [0.3, 0.4) is 0 Å². The van der Waals surface area contributed by atoms with Crippen LogP contribution < -0.4 is 5.32 Å². The molecule has 2 aromatic carbocycles. The number of nitrogens with zero attached hydrogens (tertiary/aromatic N) is 2. The van der Waals surface area contributed by atoms with Crippen LogP contribution in [0.2, 0.25) is 5.02 Å². The number of Topliss-reactive ketones (excluding diaryl/α,β-unsaturated/α-hetero) is 1. The Bertz CT molecular complexity index is 1010. The maximum atomic E-state index is 12.0. The van der Waals surface area contributed by atoms with Crippen LogP contribution >= 0.6 is 11.6 Å². The third-order valence-corrected chi connectivity index (χ3v) is 5.57. The van der Waals surface area contributed by atoms with E-state index in [9.17, 15) is 9.59 Å². The first-order valence-electron chi connectivity index (χ1n) is 10.4. The average Bonchev–Trinajstić information content (AvgIpc) is 3.09. The summed E-state index contributed by atoms with van der Waals surface area (Å²) in [6, 6.07) is 15.1. The summed E-state index contributed by atoms with van der Waals surface area (Å²) in [6.45, 7) is 4.21. The van der Waals surface area contributed by atoms with E-state index in [2.05, 4.69) is 9.88 Å². The molecule has 1 amide bonds. The van der Waals surface area contributed by atoms with Crippen molar-refractivity contribution in [1.82, 2.24) is 14.9 Å². The van der Waals surface area contributed by atoms with Gasteiger partial charge in [0.15, 0.2) is 5.78 Å². The number of aromatic nitrogens is 2. The van der Waals surface area contributed by atoms with Crippen molar-refractivity contribution >= 4 is 34.3 Å². The first-order valence-corrected chi connectivity index (χ1v) is 10.8. The quantitative estimate of drug-likeness (QED) is 0.469. The highest BCUT2D eigenvalue weighted by Crippen LogP contribution is 2.23. The highest BCUT2D eigenvalue weighted by Gasteiger charge is 2.18. The van der Waals surface area contributed by atoms with Gasteiger partial charge < -0.3 is 9.88 Å². The molecule has 158 valence electrons. The van der Waals surface area contributed by atoms with Gasteiger partial charge in [0.2, 0.25) is 5.91 Å². The molecule has 0 aliphatic carbocycles. The molecule has 1 atom stereocenters. The highest BCUT2D eigenvalue weighted by molar-refractivity contribution is 6.30. The van der Waals surface area contributed by atoms with E-state index in [0.717, 1.165) is 48.1 Å². The largest absolute Gasteiger partial charge is 0.356 e. The first-order chi connectivity index (χ1) is 14.5. The van der Waals surface area contributed by atoms with E-state index in [-0.39, 0.29) is 17.7 Å². The fraction of sp³-hybridized carbons (Fsp3) is 0.375. The third-order valence-electron chi connectivity index (χ3n) is 5.32. The summed E-state index contributed by atoms with van der Waals surface area (Å²) >= 11 is 5.87. The van der Waals surface area contributed by atoms with Crippen molar-refractivity contribution in [2.75, 3.05) is 6.54 Å². The number of nitrogens with one attached hydrogen (secondary N) is 1. The molecule has 5 nitrogen and oxygen atoms in total. The van der Waals surface area contributed by atoms with Crippen molar-refractivity contribution in [2.24, 2.45) is 0 Å². The standard InChI is InChI=1S/C24H28ClN3O2/c1-17(18(2)29)28-22-9-6-5-8-21(22)27-23(28)10-4-3-7-15-26-24(30)16-19-11-13-20(25)14-12-19/h5-6,8-9,11-14,17H,3-4,7,10,15-16H2,1-2H3,(H,26,30). The fourth-order valence-electron chi connectivity index (χ4n) is 3.55. The predicted octanol–water partition coefficient (Wildman–Crippen LogP) is 4.91. The van der Waals surface area contributed by atoms with Crippen molar-refractivity contribution in [3.63, 3.8) is 0 Å². The van der Waals surface area contributed by atoms with Gasteiger partial charge in [0, 0.05) is 18.0 Å². The summed E-state index contributed by atoms with van der Waals surface area (Å²) < 4.78 is 2.06. The number of hydrogen-bond donors (Lipinski definition) is 1. The third kappa shape index (κ3) is 5.70. The van der Waals surface area contributed by atoms with E-state index < -0.39 is 0 Å². The lowest BCUT2D eigenvalue weighted by molar-refractivity contribution is -0.120. The van der Waals surface area contributed by atoms with Gasteiger partial charge in [0.1, 0.15) is 5.82 Å². The second-order valence-electron chi connectivity index (χ2n) is 7.64. The zero-order valence-corrected chi connectivity index (χ0v) is 18.3. The number of rotatable bonds is 10. The lowest BCUT2D eigenvalue weighted by Crippen LogP contribution is -2.26. The summed E-state index contributed by atoms with van der Waals surface area (Å²) in [5, 5.41) is 3.64. The number of amides is 1. The van der Waals surface area contributed by atoms with Crippen LogP contribution in [0.25, 0.3) is 11.0 Å². The molecule has 3 rings (SSSR count). The summed E-state index contributed by atoms with van der Waals surface area (Å²) in [7, 11) is 0. The van der Waals surface area contributed by atoms with Gasteiger partial charge in [-0.25, -0.2) is 4.98 Å². The molecule has 1 N–H and O–H groups in total. The number of para-hydroxylation sites is 2. The maximum absolute atomic E-state index is 12.0. The molecular formula is C24H28ClN3O2. The minimum atomic E-state index is -0.223. The summed E-state index contributed by atoms with van der Waals surface area (Å²) in [4.78, 5) is 28.8. The van der Waals surface area contributed by atoms with Crippen LogP contribution in [0.5, 0.6) is 0 Å². The Labute approximate surface area is 182 Å². The Balaban J connectivity index is 1.46. The molecule has 1 heterocycles. The van der Waals surface area contributed by atoms with E-state index in [4.69, 9.17) is 16.6 Å². The SMILES string of the molecule is CC(=O)C(C)n1c(CCCCCNC(=O)Cc2ccc(Cl)cc2)nc2ccccc21. The van der Waals surface area contributed by atoms with Gasteiger partial charge in [-0.15, -0.1) is 0 Å². The molecule has 0 spiro atoms. The molecule has 0 fully saturated rings. The van der Waals surface area contributed by atoms with Gasteiger partial charge in [-0.05, 0) is 56.5 Å². The van der Waals surface area contributed by atoms with Crippen LogP contribution in [-0.4, -0.2) is 27.8 Å². The van der Waals surface area contributed by atoms with E-state index >= 15 is 0 Å². The minimum Gasteiger partial charge on any atom is -0.356 e. The fourth-order valence-corrected chi connectivity index (χ4v) is 3.67. The summed E-state index contributed by atoms with van der Waals surface area (Å²) in [5.41, 5.74) is 2.88. The molecule has 6 heteroatoms. The van der Waals surface area contributed by atoms with E-state index in [0.29, 0.717) is 18.0 Å². The summed E-state index contributed by atoms with van der Waals surface area (Å²) in [5.74, 6) is 1.10. The van der Waals surface area contributed by atoms with E-state index in [1.54, 1.807) is 19.1 Å². The van der Waals surface area contributed by atoms with Crippen LogP contribution in [0.4, 0.5) is 0 Å². The van der Waals surface area contributed by atoms with Crippen molar-refractivity contribution in [3.05, 3.63) is 64.9 Å². The normalized spacial score (nSPS) is 12.1. The van der Waals surface area contributed by atoms with Crippen LogP contribution in [-0.2, 0) is 22.4 Å². The molecule has 0 aliphatic heterocycles. The van der Waals surface area contributed by atoms with Crippen molar-refractivity contribution < 1.29 is 9.59 Å². The molecule has 3 aromatic rings. The molecule has 0 bridgehead atoms. The lowest BCUT2D eigenvalue weighted by Gasteiger charge is -2.15. The molecule has 30 heavy (non-hydrogen) atoms. The molecule has 1 unspecified atom stereocenters. The number of imidazole rings is 1. The van der Waals surface area contributed by atoms with Gasteiger partial charge in [-0.1, -0.05) is 42.3 Å². The molecular weight excluding hydrogens is 398 g/mol. The topological polar surface area (TPSA) is 64.0 Å². The number of carbonyl (C=O) groups is 2. The maximum Gasteiger partial charge on any atom is 0.224 e. The van der Waals surface area contributed by atoms with Crippen LogP contribution in [0.15, 0.2) is 48.5 Å². The molecule has 1 aromatic heterocycles. The van der Waals surface area contributed by atoms with E-state index in [1.807, 2.05) is 43.3 Å². The van der Waals surface area contributed by atoms with Crippen LogP contribution in [0, 0.1) is 0 Å². The Hall–Kier alpha value is -2.66. The molecule has 0 saturated carbocycles. The Morgan fingerprint density at radius 2 is 1.80 bits per heavy atom. The second kappa shape index (κ2) is 10.4. The number of fused-ring (bicyclic) bond motifs is 1. The first kappa shape index (κ1) is 22.0. The Morgan fingerprint density at radius 3 is 2.53 bits per heavy atom. The smallest absolute Gasteiger partial charge is 0.224 e. The van der Waals surface area contributed by atoms with Gasteiger partial charge in [0.05, 0.1) is 23.5 Å². The second-order valence-corrected chi connectivity index (χ2v) is 8.07. The van der Waals surface area contributed by atoms with Gasteiger partial charge in [-0.3, -0.25) is 9.59 Å². The Morgan fingerprint density at radius 1 is 1.07 bits per heavy atom. The van der Waals surface area contributed by atoms with Crippen molar-refractivity contribution in [1.29, 1.82) is 0 Å². The number of carbonyl (C=O) groups excluding carboxylic acids is 2. The monoisotopic (exact) mass is 425 g/mol. The van der Waals surface area contributed by atoms with Gasteiger partial charge in [-0.2, -0.15) is 0 Å². The number of aryl methyl sites for hydroxylation is 1. The number of benzene rings is 2. The summed E-state index contributed by atoms with van der Waals surface area (Å²) in [6.07, 6.45) is 4.03. The van der Waals surface area contributed by atoms with Crippen molar-refractivity contribution in [2.45, 2.75) is 52.0 Å². The zero-order valence-electron chi connectivity index (χ0n) is 17.5. The number of unbranched alkanes of at least 4 members (excludes halogenated alkanes) is 2. The Kier molecular flexibility index (Phi) is 7.63. The minimum absolute atomic E-state index is 0.0226. The van der Waals surface area contributed by atoms with Crippen LogP contribution in [0.1, 0.15) is 50.5 Å². The average molecular weight is 426 g/mol. The predicted molar refractivity (Wildman–Crippen MR) is 121 cm³/mol. The van der Waals surface area contributed by atoms with Crippen molar-refractivity contribution in [3.8, 4) is 0 Å². The molecule has 0 saturated heterocycles. The number of hydrogen-bond acceptors (Lipinski definition) is 3. The number of halogens is 1. The van der Waals surface area contributed by atoms with Gasteiger partial charge >= 0.3 is 0 Å². The molecule has 0 aliphatic rings. The zero-order chi connectivity index (χ0) is 21.5. The highest BCUT2D eigenvalue weighted by atomic mass is 35.5. The molecule has 0 radical (unpaired) electrons. The lowest BCUT2D eigenvalue weighted by atomic mass is 10.1. The van der Waals surface area contributed by atoms with E-state index in [1.165, 1.54) is 0 Å².